The lowest BCUT2D eigenvalue weighted by Gasteiger charge is -2.07. The van der Waals surface area contributed by atoms with Crippen LogP contribution in [0.5, 0.6) is 5.75 Å². The van der Waals surface area contributed by atoms with Crippen molar-refractivity contribution in [3.05, 3.63) is 40.4 Å². The summed E-state index contributed by atoms with van der Waals surface area (Å²) < 4.78 is 5.34. The van der Waals surface area contributed by atoms with Gasteiger partial charge in [-0.3, -0.25) is 14.9 Å². The quantitative estimate of drug-likeness (QED) is 0.913. The fourth-order valence-electron chi connectivity index (χ4n) is 1.89. The van der Waals surface area contributed by atoms with Gasteiger partial charge in [-0.25, -0.2) is 4.98 Å². The molecule has 23 heavy (non-hydrogen) atoms. The predicted octanol–water partition coefficient (Wildman–Crippen LogP) is 2.80. The average molecular weight is 333 g/mol. The number of thiazole rings is 1. The third kappa shape index (κ3) is 4.07. The molecule has 0 spiro atoms. The van der Waals surface area contributed by atoms with Crippen LogP contribution < -0.4 is 10.1 Å². The Morgan fingerprint density at radius 2 is 1.91 bits per heavy atom. The van der Waals surface area contributed by atoms with Crippen molar-refractivity contribution in [1.29, 1.82) is 0 Å². The van der Waals surface area contributed by atoms with Gasteiger partial charge < -0.3 is 9.64 Å². The molecule has 1 aromatic heterocycles. The minimum absolute atomic E-state index is 0.124. The molecule has 1 N–H and O–H groups in total. The molecular weight excluding hydrogens is 314 g/mol. The maximum atomic E-state index is 12.2. The Bertz CT molecular complexity index is 708. The molecule has 0 aliphatic rings. The molecule has 2 aromatic rings. The highest BCUT2D eigenvalue weighted by atomic mass is 32.1. The fourth-order valence-corrected chi connectivity index (χ4v) is 2.87. The molecule has 0 aliphatic carbocycles. The van der Waals surface area contributed by atoms with Crippen LogP contribution >= 0.6 is 11.3 Å². The van der Waals surface area contributed by atoms with E-state index in [1.807, 2.05) is 6.92 Å². The van der Waals surface area contributed by atoms with Gasteiger partial charge in [-0.2, -0.15) is 0 Å². The van der Waals surface area contributed by atoms with E-state index in [0.717, 1.165) is 0 Å². The zero-order chi connectivity index (χ0) is 17.0. The number of aryl methyl sites for hydroxylation is 1. The molecule has 6 nitrogen and oxygen atoms in total. The first-order valence-corrected chi connectivity index (χ1v) is 7.97. The van der Waals surface area contributed by atoms with E-state index in [4.69, 9.17) is 4.74 Å². The fraction of sp³-hybridized carbons (Fsp3) is 0.312. The Morgan fingerprint density at radius 1 is 1.26 bits per heavy atom. The summed E-state index contributed by atoms with van der Waals surface area (Å²) in [7, 11) is 3.36. The van der Waals surface area contributed by atoms with Crippen LogP contribution in [-0.4, -0.2) is 42.4 Å². The standard InChI is InChI=1S/C16H19N3O3S/c1-5-22-12-8-6-11(7-9-12)14(20)18-16-17-10(2)13(23-16)15(21)19(3)4/h6-9H,5H2,1-4H3,(H,17,18,20). The molecule has 0 fully saturated rings. The van der Waals surface area contributed by atoms with Crippen molar-refractivity contribution in [1.82, 2.24) is 9.88 Å². The number of carbonyl (C=O) groups is 2. The van der Waals surface area contributed by atoms with Gasteiger partial charge in [-0.05, 0) is 38.1 Å². The van der Waals surface area contributed by atoms with Gasteiger partial charge in [0.1, 0.15) is 10.6 Å². The van der Waals surface area contributed by atoms with E-state index in [-0.39, 0.29) is 11.8 Å². The molecule has 0 aliphatic heterocycles. The number of nitrogens with one attached hydrogen (secondary N) is 1. The molecule has 2 rings (SSSR count). The molecule has 2 amide bonds. The van der Waals surface area contributed by atoms with Crippen molar-refractivity contribution >= 4 is 28.3 Å². The van der Waals surface area contributed by atoms with Crippen molar-refractivity contribution in [3.8, 4) is 5.75 Å². The number of aromatic nitrogens is 1. The van der Waals surface area contributed by atoms with Crippen LogP contribution in [0.4, 0.5) is 5.13 Å². The van der Waals surface area contributed by atoms with Gasteiger partial charge in [-0.15, -0.1) is 0 Å². The van der Waals surface area contributed by atoms with Gasteiger partial charge in [0.25, 0.3) is 11.8 Å². The van der Waals surface area contributed by atoms with Crippen molar-refractivity contribution < 1.29 is 14.3 Å². The monoisotopic (exact) mass is 333 g/mol. The largest absolute Gasteiger partial charge is 0.494 e. The van der Waals surface area contributed by atoms with E-state index in [1.165, 1.54) is 16.2 Å². The smallest absolute Gasteiger partial charge is 0.265 e. The van der Waals surface area contributed by atoms with Crippen molar-refractivity contribution in [2.24, 2.45) is 0 Å². The molecule has 0 bridgehead atoms. The van der Waals surface area contributed by atoms with Crippen LogP contribution in [0.3, 0.4) is 0 Å². The first-order chi connectivity index (χ1) is 10.9. The number of nitrogens with zero attached hydrogens (tertiary/aromatic N) is 2. The molecule has 7 heteroatoms. The van der Waals surface area contributed by atoms with E-state index in [2.05, 4.69) is 10.3 Å². The van der Waals surface area contributed by atoms with Gasteiger partial charge >= 0.3 is 0 Å². The summed E-state index contributed by atoms with van der Waals surface area (Å²) >= 11 is 1.17. The Balaban J connectivity index is 2.11. The number of amides is 2. The number of hydrogen-bond donors (Lipinski definition) is 1. The second kappa shape index (κ2) is 7.23. The second-order valence-corrected chi connectivity index (χ2v) is 6.04. The van der Waals surface area contributed by atoms with Crippen LogP contribution in [0.15, 0.2) is 24.3 Å². The predicted molar refractivity (Wildman–Crippen MR) is 90.4 cm³/mol. The van der Waals surface area contributed by atoms with Crippen molar-refractivity contribution in [2.75, 3.05) is 26.0 Å². The molecule has 1 aromatic carbocycles. The van der Waals surface area contributed by atoms with Crippen LogP contribution in [0, 0.1) is 6.92 Å². The third-order valence-corrected chi connectivity index (χ3v) is 4.11. The SMILES string of the molecule is CCOc1ccc(C(=O)Nc2nc(C)c(C(=O)N(C)C)s2)cc1. The first-order valence-electron chi connectivity index (χ1n) is 7.15. The number of benzene rings is 1. The van der Waals surface area contributed by atoms with Crippen LogP contribution in [0.25, 0.3) is 0 Å². The van der Waals surface area contributed by atoms with E-state index in [9.17, 15) is 9.59 Å². The van der Waals surface area contributed by atoms with Gasteiger partial charge in [0.2, 0.25) is 0 Å². The highest BCUT2D eigenvalue weighted by Crippen LogP contribution is 2.24. The lowest BCUT2D eigenvalue weighted by Crippen LogP contribution is -2.21. The number of anilines is 1. The second-order valence-electron chi connectivity index (χ2n) is 5.04. The number of carbonyl (C=O) groups excluding carboxylic acids is 2. The number of rotatable bonds is 5. The van der Waals surface area contributed by atoms with E-state index >= 15 is 0 Å². The molecule has 0 radical (unpaired) electrons. The Morgan fingerprint density at radius 3 is 2.48 bits per heavy atom. The molecule has 0 saturated carbocycles. The molecule has 0 atom stereocenters. The molecule has 122 valence electrons. The van der Waals surface area contributed by atoms with Gasteiger partial charge in [0, 0.05) is 19.7 Å². The van der Waals surface area contributed by atoms with Gasteiger partial charge in [0.15, 0.2) is 5.13 Å². The maximum absolute atomic E-state index is 12.2. The molecule has 0 unspecified atom stereocenters. The Labute approximate surface area is 139 Å². The average Bonchev–Trinajstić information content (AvgIpc) is 2.87. The Kier molecular flexibility index (Phi) is 5.33. The molecule has 0 saturated heterocycles. The summed E-state index contributed by atoms with van der Waals surface area (Å²) in [4.78, 5) is 30.5. The first kappa shape index (κ1) is 17.0. The zero-order valence-electron chi connectivity index (χ0n) is 13.5. The summed E-state index contributed by atoms with van der Waals surface area (Å²) in [5.41, 5.74) is 1.11. The Hall–Kier alpha value is -2.41. The van der Waals surface area contributed by atoms with E-state index in [0.29, 0.717) is 33.6 Å². The summed E-state index contributed by atoms with van der Waals surface area (Å²) in [6, 6.07) is 6.86. The topological polar surface area (TPSA) is 71.5 Å². The normalized spacial score (nSPS) is 10.3. The highest BCUT2D eigenvalue weighted by molar-refractivity contribution is 7.17. The number of hydrogen-bond acceptors (Lipinski definition) is 5. The van der Waals surface area contributed by atoms with Crippen LogP contribution in [0.2, 0.25) is 0 Å². The number of ether oxygens (including phenoxy) is 1. The molecule has 1 heterocycles. The summed E-state index contributed by atoms with van der Waals surface area (Å²) in [6.45, 7) is 4.23. The summed E-state index contributed by atoms with van der Waals surface area (Å²) in [5, 5.41) is 3.13. The maximum Gasteiger partial charge on any atom is 0.265 e. The lowest BCUT2D eigenvalue weighted by molar-refractivity contribution is 0.0831. The van der Waals surface area contributed by atoms with E-state index < -0.39 is 0 Å². The van der Waals surface area contributed by atoms with Gasteiger partial charge in [-0.1, -0.05) is 11.3 Å². The van der Waals surface area contributed by atoms with Gasteiger partial charge in [0.05, 0.1) is 12.3 Å². The van der Waals surface area contributed by atoms with Crippen molar-refractivity contribution in [2.45, 2.75) is 13.8 Å². The van der Waals surface area contributed by atoms with Crippen molar-refractivity contribution in [3.63, 3.8) is 0 Å². The lowest BCUT2D eigenvalue weighted by atomic mass is 10.2. The minimum atomic E-state index is -0.273. The van der Waals surface area contributed by atoms with Crippen LogP contribution in [0.1, 0.15) is 32.6 Å². The highest BCUT2D eigenvalue weighted by Gasteiger charge is 2.18. The molecular formula is C16H19N3O3S. The zero-order valence-corrected chi connectivity index (χ0v) is 14.4. The third-order valence-electron chi connectivity index (χ3n) is 3.04. The van der Waals surface area contributed by atoms with Crippen LogP contribution in [-0.2, 0) is 0 Å². The summed E-state index contributed by atoms with van der Waals surface area (Å²) in [5.74, 6) is 0.320. The van der Waals surface area contributed by atoms with E-state index in [1.54, 1.807) is 45.3 Å². The minimum Gasteiger partial charge on any atom is -0.494 e. The summed E-state index contributed by atoms with van der Waals surface area (Å²) in [6.07, 6.45) is 0.